The number of anilines is 2. The van der Waals surface area contributed by atoms with Crippen molar-refractivity contribution in [1.82, 2.24) is 24.7 Å². The Morgan fingerprint density at radius 2 is 1.82 bits per heavy atom. The number of aromatic nitrogens is 4. The topological polar surface area (TPSA) is 78.7 Å². The molecule has 2 amide bonds. The third-order valence-corrected chi connectivity index (χ3v) is 5.95. The van der Waals surface area contributed by atoms with Gasteiger partial charge in [0.15, 0.2) is 11.5 Å². The zero-order chi connectivity index (χ0) is 19.3. The molecule has 2 aromatic heterocycles. The van der Waals surface area contributed by atoms with Gasteiger partial charge in [0.05, 0.1) is 10.7 Å². The number of halogens is 1. The van der Waals surface area contributed by atoms with Crippen LogP contribution in [0.3, 0.4) is 0 Å². The van der Waals surface area contributed by atoms with Crippen molar-refractivity contribution in [2.45, 2.75) is 6.92 Å². The Morgan fingerprint density at radius 3 is 2.57 bits per heavy atom. The Kier molecular flexibility index (Phi) is 4.08. The summed E-state index contributed by atoms with van der Waals surface area (Å²) in [5.41, 5.74) is 1.40. The van der Waals surface area contributed by atoms with Crippen LogP contribution in [0.25, 0.3) is 5.65 Å². The number of carbonyl (C=O) groups excluding carboxylic acids is 1. The zero-order valence-electron chi connectivity index (χ0n) is 15.4. The first-order valence-corrected chi connectivity index (χ1v) is 9.71. The van der Waals surface area contributed by atoms with E-state index in [9.17, 15) is 4.79 Å². The summed E-state index contributed by atoms with van der Waals surface area (Å²) in [4.78, 5) is 16.8. The van der Waals surface area contributed by atoms with Crippen LogP contribution in [0, 0.1) is 18.8 Å². The molecule has 4 heterocycles. The van der Waals surface area contributed by atoms with Gasteiger partial charge >= 0.3 is 6.03 Å². The van der Waals surface area contributed by atoms with Gasteiger partial charge in [0, 0.05) is 38.0 Å². The number of amides is 2. The third kappa shape index (κ3) is 2.93. The van der Waals surface area contributed by atoms with Gasteiger partial charge in [-0.15, -0.1) is 15.3 Å². The van der Waals surface area contributed by atoms with E-state index in [-0.39, 0.29) is 6.03 Å². The van der Waals surface area contributed by atoms with Gasteiger partial charge in [-0.1, -0.05) is 23.7 Å². The van der Waals surface area contributed by atoms with E-state index in [4.69, 9.17) is 11.6 Å². The van der Waals surface area contributed by atoms with Gasteiger partial charge in [0.2, 0.25) is 0 Å². The number of urea groups is 1. The van der Waals surface area contributed by atoms with Crippen LogP contribution in [-0.4, -0.2) is 56.9 Å². The number of carbonyl (C=O) groups is 1. The summed E-state index contributed by atoms with van der Waals surface area (Å²) >= 11 is 6.14. The first-order valence-electron chi connectivity index (χ1n) is 9.33. The van der Waals surface area contributed by atoms with Gasteiger partial charge in [-0.2, -0.15) is 4.52 Å². The highest BCUT2D eigenvalue weighted by Crippen LogP contribution is 2.34. The van der Waals surface area contributed by atoms with Crippen molar-refractivity contribution in [1.29, 1.82) is 0 Å². The van der Waals surface area contributed by atoms with Crippen molar-refractivity contribution in [2.24, 2.45) is 11.8 Å². The Balaban J connectivity index is 1.25. The van der Waals surface area contributed by atoms with Crippen LogP contribution >= 0.6 is 11.6 Å². The minimum Gasteiger partial charge on any atom is -0.354 e. The first-order chi connectivity index (χ1) is 13.6. The number of nitrogens with zero attached hydrogens (tertiary/aromatic N) is 6. The van der Waals surface area contributed by atoms with Crippen LogP contribution in [0.1, 0.15) is 5.82 Å². The zero-order valence-corrected chi connectivity index (χ0v) is 16.2. The lowest BCUT2D eigenvalue weighted by Crippen LogP contribution is -2.36. The highest BCUT2D eigenvalue weighted by Gasteiger charge is 2.42. The fourth-order valence-corrected chi connectivity index (χ4v) is 4.34. The van der Waals surface area contributed by atoms with E-state index in [2.05, 4.69) is 25.5 Å². The molecule has 1 N–H and O–H groups in total. The standard InChI is InChI=1S/C19H20ClN7O/c1-12-22-23-17-6-7-18(24-27(12)17)25-8-13-10-26(11-14(13)9-25)19(28)21-16-5-3-2-4-15(16)20/h2-7,13-14H,8-11H2,1H3,(H,21,28). The van der Waals surface area contributed by atoms with E-state index < -0.39 is 0 Å². The number of rotatable bonds is 2. The Hall–Kier alpha value is -2.87. The molecule has 28 heavy (non-hydrogen) atoms. The number of benzene rings is 1. The molecule has 2 unspecified atom stereocenters. The maximum Gasteiger partial charge on any atom is 0.321 e. The minimum absolute atomic E-state index is 0.0892. The summed E-state index contributed by atoms with van der Waals surface area (Å²) in [6.45, 7) is 5.15. The molecular weight excluding hydrogens is 378 g/mol. The van der Waals surface area contributed by atoms with E-state index in [0.717, 1.165) is 43.5 Å². The summed E-state index contributed by atoms with van der Waals surface area (Å²) in [5.74, 6) is 2.59. The van der Waals surface area contributed by atoms with Gasteiger partial charge in [-0.25, -0.2) is 4.79 Å². The van der Waals surface area contributed by atoms with Crippen LogP contribution in [0.15, 0.2) is 36.4 Å². The molecule has 5 rings (SSSR count). The Labute approximate surface area is 167 Å². The summed E-state index contributed by atoms with van der Waals surface area (Å²) in [5, 5.41) is 16.3. The number of hydrogen-bond donors (Lipinski definition) is 1. The van der Waals surface area contributed by atoms with Gasteiger partial charge in [0.1, 0.15) is 5.82 Å². The van der Waals surface area contributed by atoms with E-state index in [1.165, 1.54) is 0 Å². The van der Waals surface area contributed by atoms with Crippen molar-refractivity contribution in [2.75, 3.05) is 36.4 Å². The molecule has 0 spiro atoms. The van der Waals surface area contributed by atoms with Crippen LogP contribution < -0.4 is 10.2 Å². The highest BCUT2D eigenvalue weighted by atomic mass is 35.5. The summed E-state index contributed by atoms with van der Waals surface area (Å²) < 4.78 is 1.77. The monoisotopic (exact) mass is 397 g/mol. The lowest BCUT2D eigenvalue weighted by Gasteiger charge is -2.23. The molecule has 2 atom stereocenters. The number of likely N-dealkylation sites (tertiary alicyclic amines) is 1. The molecule has 0 bridgehead atoms. The average Bonchev–Trinajstić information content (AvgIpc) is 3.37. The maximum atomic E-state index is 12.6. The second kappa shape index (κ2) is 6.63. The molecule has 2 aliphatic rings. The SMILES string of the molecule is Cc1nnc2ccc(N3CC4CN(C(=O)Nc5ccccc5Cl)CC4C3)nn12. The highest BCUT2D eigenvalue weighted by molar-refractivity contribution is 6.33. The third-order valence-electron chi connectivity index (χ3n) is 5.62. The molecule has 2 saturated heterocycles. The van der Waals surface area contributed by atoms with Crippen molar-refractivity contribution < 1.29 is 4.79 Å². The number of para-hydroxylation sites is 1. The Bertz CT molecular complexity index is 1040. The average molecular weight is 398 g/mol. The molecule has 0 aliphatic carbocycles. The summed E-state index contributed by atoms with van der Waals surface area (Å²) in [6, 6.07) is 11.1. The maximum absolute atomic E-state index is 12.6. The first kappa shape index (κ1) is 17.2. The quantitative estimate of drug-likeness (QED) is 0.719. The van der Waals surface area contributed by atoms with Gasteiger partial charge in [0.25, 0.3) is 0 Å². The van der Waals surface area contributed by atoms with Crippen LogP contribution in [-0.2, 0) is 0 Å². The van der Waals surface area contributed by atoms with Crippen molar-refractivity contribution in [3.05, 3.63) is 47.2 Å². The molecule has 0 radical (unpaired) electrons. The van der Waals surface area contributed by atoms with E-state index >= 15 is 0 Å². The second-order valence-corrected chi connectivity index (χ2v) is 7.86. The largest absolute Gasteiger partial charge is 0.354 e. The lowest BCUT2D eigenvalue weighted by molar-refractivity contribution is 0.219. The van der Waals surface area contributed by atoms with E-state index in [1.54, 1.807) is 10.6 Å². The van der Waals surface area contributed by atoms with Gasteiger partial charge < -0.3 is 15.1 Å². The molecular formula is C19H20ClN7O. The fraction of sp³-hybridized carbons (Fsp3) is 0.368. The van der Waals surface area contributed by atoms with E-state index in [1.807, 2.05) is 42.2 Å². The lowest BCUT2D eigenvalue weighted by atomic mass is 10.0. The predicted octanol–water partition coefficient (Wildman–Crippen LogP) is 2.69. The minimum atomic E-state index is -0.0892. The molecule has 9 heteroatoms. The molecule has 2 fully saturated rings. The normalized spacial score (nSPS) is 21.4. The van der Waals surface area contributed by atoms with Crippen LogP contribution in [0.4, 0.5) is 16.3 Å². The van der Waals surface area contributed by atoms with Crippen molar-refractivity contribution in [3.8, 4) is 0 Å². The van der Waals surface area contributed by atoms with Crippen molar-refractivity contribution >= 4 is 34.8 Å². The molecule has 1 aromatic carbocycles. The smallest absolute Gasteiger partial charge is 0.321 e. The predicted molar refractivity (Wildman–Crippen MR) is 107 cm³/mol. The number of aryl methyl sites for hydroxylation is 1. The number of nitrogens with one attached hydrogen (secondary N) is 1. The Morgan fingerprint density at radius 1 is 1.07 bits per heavy atom. The van der Waals surface area contributed by atoms with Gasteiger partial charge in [-0.05, 0) is 31.2 Å². The van der Waals surface area contributed by atoms with Crippen LogP contribution in [0.5, 0.6) is 0 Å². The fourth-order valence-electron chi connectivity index (χ4n) is 4.16. The van der Waals surface area contributed by atoms with Crippen molar-refractivity contribution in [3.63, 3.8) is 0 Å². The molecule has 144 valence electrons. The number of fused-ring (bicyclic) bond motifs is 2. The van der Waals surface area contributed by atoms with Crippen LogP contribution in [0.2, 0.25) is 5.02 Å². The number of hydrogen-bond acceptors (Lipinski definition) is 5. The summed E-state index contributed by atoms with van der Waals surface area (Å²) in [6.07, 6.45) is 0. The van der Waals surface area contributed by atoms with Gasteiger partial charge in [-0.3, -0.25) is 0 Å². The molecule has 8 nitrogen and oxygen atoms in total. The summed E-state index contributed by atoms with van der Waals surface area (Å²) in [7, 11) is 0. The molecule has 3 aromatic rings. The molecule has 0 saturated carbocycles. The van der Waals surface area contributed by atoms with E-state index in [0.29, 0.717) is 22.5 Å². The second-order valence-electron chi connectivity index (χ2n) is 7.45. The molecule has 2 aliphatic heterocycles.